The predicted molar refractivity (Wildman–Crippen MR) is 111 cm³/mol. The summed E-state index contributed by atoms with van der Waals surface area (Å²) in [5.41, 5.74) is 1.09. The number of aromatic nitrogens is 1. The molecule has 2 aromatic rings. The molecule has 2 rings (SSSR count). The van der Waals surface area contributed by atoms with Crippen LogP contribution in [-0.4, -0.2) is 32.1 Å². The van der Waals surface area contributed by atoms with E-state index in [4.69, 9.17) is 37.4 Å². The molecule has 0 spiro atoms. The number of aldehydes is 1. The highest BCUT2D eigenvalue weighted by Crippen LogP contribution is 2.45. The molecule has 28 heavy (non-hydrogen) atoms. The minimum Gasteiger partial charge on any atom is -0.493 e. The van der Waals surface area contributed by atoms with Crippen molar-refractivity contribution in [2.24, 2.45) is 0 Å². The lowest BCUT2D eigenvalue weighted by Gasteiger charge is -2.21. The molecule has 0 aliphatic rings. The van der Waals surface area contributed by atoms with Gasteiger partial charge in [0, 0.05) is 23.5 Å². The Morgan fingerprint density at radius 2 is 1.75 bits per heavy atom. The van der Waals surface area contributed by atoms with Crippen molar-refractivity contribution in [1.82, 2.24) is 4.98 Å². The zero-order valence-corrected chi connectivity index (χ0v) is 17.8. The summed E-state index contributed by atoms with van der Waals surface area (Å²) in [6.07, 6.45) is 7.97. The molecule has 0 saturated carbocycles. The van der Waals surface area contributed by atoms with Crippen LogP contribution in [0.3, 0.4) is 0 Å². The molecule has 1 aromatic heterocycles. The average Bonchev–Trinajstić information content (AvgIpc) is 2.70. The molecule has 0 saturated heterocycles. The molecule has 0 amide bonds. The number of ether oxygens (including phenoxy) is 3. The van der Waals surface area contributed by atoms with Crippen molar-refractivity contribution >= 4 is 29.5 Å². The number of rotatable bonds is 11. The first-order chi connectivity index (χ1) is 13.6. The van der Waals surface area contributed by atoms with Crippen LogP contribution in [0.25, 0.3) is 0 Å². The SMILES string of the molecule is CCCCCCOc1c(C(C=O)c2c(Cl)cncc2Cl)ccc(OC)c1OC. The number of methoxy groups -OCH3 is 2. The van der Waals surface area contributed by atoms with Crippen LogP contribution in [0.15, 0.2) is 24.5 Å². The highest BCUT2D eigenvalue weighted by molar-refractivity contribution is 6.36. The lowest BCUT2D eigenvalue weighted by Crippen LogP contribution is -2.10. The van der Waals surface area contributed by atoms with E-state index in [0.717, 1.165) is 32.0 Å². The number of unbranched alkanes of at least 4 members (excludes halogenated alkanes) is 3. The van der Waals surface area contributed by atoms with Gasteiger partial charge < -0.3 is 19.0 Å². The molecule has 7 heteroatoms. The summed E-state index contributed by atoms with van der Waals surface area (Å²) >= 11 is 12.6. The normalized spacial score (nSPS) is 11.8. The van der Waals surface area contributed by atoms with Crippen LogP contribution in [0.2, 0.25) is 10.0 Å². The molecule has 1 unspecified atom stereocenters. The van der Waals surface area contributed by atoms with Crippen LogP contribution in [0.4, 0.5) is 0 Å². The van der Waals surface area contributed by atoms with Crippen LogP contribution in [0.5, 0.6) is 17.2 Å². The summed E-state index contributed by atoms with van der Waals surface area (Å²) in [6, 6.07) is 3.51. The van der Waals surface area contributed by atoms with E-state index in [1.807, 2.05) is 0 Å². The van der Waals surface area contributed by atoms with Crippen LogP contribution >= 0.6 is 23.2 Å². The van der Waals surface area contributed by atoms with Gasteiger partial charge >= 0.3 is 0 Å². The maximum Gasteiger partial charge on any atom is 0.203 e. The number of nitrogens with zero attached hydrogens (tertiary/aromatic N) is 1. The molecule has 0 radical (unpaired) electrons. The molecule has 1 aromatic carbocycles. The Hall–Kier alpha value is -1.98. The van der Waals surface area contributed by atoms with Gasteiger partial charge in [0.25, 0.3) is 0 Å². The third-order valence-electron chi connectivity index (χ3n) is 4.45. The van der Waals surface area contributed by atoms with Gasteiger partial charge in [0.05, 0.1) is 36.8 Å². The van der Waals surface area contributed by atoms with Gasteiger partial charge in [-0.3, -0.25) is 4.98 Å². The van der Waals surface area contributed by atoms with Crippen molar-refractivity contribution in [2.75, 3.05) is 20.8 Å². The Bertz CT molecular complexity index is 778. The molecule has 0 fully saturated rings. The number of halogens is 2. The molecular formula is C21H25Cl2NO4. The van der Waals surface area contributed by atoms with E-state index in [1.54, 1.807) is 19.2 Å². The Kier molecular flexibility index (Phi) is 8.87. The van der Waals surface area contributed by atoms with Crippen molar-refractivity contribution in [2.45, 2.75) is 38.5 Å². The largest absolute Gasteiger partial charge is 0.493 e. The summed E-state index contributed by atoms with van der Waals surface area (Å²) in [6.45, 7) is 2.65. The monoisotopic (exact) mass is 425 g/mol. The summed E-state index contributed by atoms with van der Waals surface area (Å²) in [4.78, 5) is 16.0. The number of carbonyl (C=O) groups is 1. The van der Waals surface area contributed by atoms with Crippen LogP contribution in [-0.2, 0) is 4.79 Å². The fourth-order valence-electron chi connectivity index (χ4n) is 3.03. The molecule has 1 heterocycles. The Morgan fingerprint density at radius 1 is 1.04 bits per heavy atom. The molecular weight excluding hydrogens is 401 g/mol. The first-order valence-corrected chi connectivity index (χ1v) is 9.96. The van der Waals surface area contributed by atoms with Gasteiger partial charge in [-0.25, -0.2) is 0 Å². The van der Waals surface area contributed by atoms with Crippen molar-refractivity contribution in [3.63, 3.8) is 0 Å². The third-order valence-corrected chi connectivity index (χ3v) is 5.05. The zero-order chi connectivity index (χ0) is 20.5. The standard InChI is InChI=1S/C21H25Cl2NO4/c1-4-5-6-7-10-28-20-14(8-9-18(26-2)21(20)27-3)15(13-25)19-16(22)11-24-12-17(19)23/h8-9,11-13,15H,4-7,10H2,1-3H3. The minimum atomic E-state index is -0.728. The topological polar surface area (TPSA) is 57.7 Å². The lowest BCUT2D eigenvalue weighted by molar-refractivity contribution is -0.108. The van der Waals surface area contributed by atoms with E-state index < -0.39 is 5.92 Å². The highest BCUT2D eigenvalue weighted by Gasteiger charge is 2.27. The second kappa shape index (κ2) is 11.1. The maximum atomic E-state index is 12.1. The molecule has 0 aliphatic carbocycles. The van der Waals surface area contributed by atoms with Crippen molar-refractivity contribution in [3.8, 4) is 17.2 Å². The quantitative estimate of drug-likeness (QED) is 0.341. The van der Waals surface area contributed by atoms with Crippen LogP contribution in [0, 0.1) is 0 Å². The molecule has 152 valence electrons. The van der Waals surface area contributed by atoms with E-state index in [9.17, 15) is 4.79 Å². The fraction of sp³-hybridized carbons (Fsp3) is 0.429. The Balaban J connectivity index is 2.50. The first-order valence-electron chi connectivity index (χ1n) is 9.20. The third kappa shape index (κ3) is 5.09. The number of pyridine rings is 1. The van der Waals surface area contributed by atoms with Gasteiger partial charge in [-0.15, -0.1) is 0 Å². The number of hydrogen-bond donors (Lipinski definition) is 0. The summed E-state index contributed by atoms with van der Waals surface area (Å²) < 4.78 is 17.0. The summed E-state index contributed by atoms with van der Waals surface area (Å²) in [5, 5.41) is 0.626. The smallest absolute Gasteiger partial charge is 0.203 e. The first kappa shape index (κ1) is 22.3. The van der Waals surface area contributed by atoms with Crippen molar-refractivity contribution in [3.05, 3.63) is 45.7 Å². The minimum absolute atomic E-state index is 0.313. The molecule has 0 aliphatic heterocycles. The van der Waals surface area contributed by atoms with Crippen molar-refractivity contribution in [1.29, 1.82) is 0 Å². The van der Waals surface area contributed by atoms with Gasteiger partial charge in [-0.1, -0.05) is 55.5 Å². The van der Waals surface area contributed by atoms with E-state index in [-0.39, 0.29) is 0 Å². The average molecular weight is 426 g/mol. The molecule has 1 atom stereocenters. The number of benzene rings is 1. The van der Waals surface area contributed by atoms with E-state index in [1.165, 1.54) is 19.5 Å². The lowest BCUT2D eigenvalue weighted by atomic mass is 9.92. The van der Waals surface area contributed by atoms with Crippen molar-refractivity contribution < 1.29 is 19.0 Å². The molecule has 0 bridgehead atoms. The summed E-state index contributed by atoms with van der Waals surface area (Å²) in [7, 11) is 3.09. The van der Waals surface area contributed by atoms with E-state index in [2.05, 4.69) is 11.9 Å². The van der Waals surface area contributed by atoms with E-state index >= 15 is 0 Å². The molecule has 0 N–H and O–H groups in total. The Labute approximate surface area is 175 Å². The fourth-order valence-corrected chi connectivity index (χ4v) is 3.63. The van der Waals surface area contributed by atoms with Gasteiger partial charge in [-0.2, -0.15) is 0 Å². The summed E-state index contributed by atoms with van der Waals surface area (Å²) in [5.74, 6) is 0.683. The number of carbonyl (C=O) groups excluding carboxylic acids is 1. The Morgan fingerprint density at radius 3 is 2.32 bits per heavy atom. The van der Waals surface area contributed by atoms with Crippen LogP contribution in [0.1, 0.15) is 49.7 Å². The highest BCUT2D eigenvalue weighted by atomic mass is 35.5. The van der Waals surface area contributed by atoms with Gasteiger partial charge in [-0.05, 0) is 12.5 Å². The van der Waals surface area contributed by atoms with Gasteiger partial charge in [0.1, 0.15) is 6.29 Å². The second-order valence-electron chi connectivity index (χ2n) is 6.26. The second-order valence-corrected chi connectivity index (χ2v) is 7.07. The van der Waals surface area contributed by atoms with Gasteiger partial charge in [0.15, 0.2) is 11.5 Å². The predicted octanol–water partition coefficient (Wildman–Crippen LogP) is 5.70. The van der Waals surface area contributed by atoms with Crippen LogP contribution < -0.4 is 14.2 Å². The zero-order valence-electron chi connectivity index (χ0n) is 16.3. The maximum absolute atomic E-state index is 12.1. The number of hydrogen-bond acceptors (Lipinski definition) is 5. The van der Waals surface area contributed by atoms with E-state index in [0.29, 0.717) is 45.0 Å². The van der Waals surface area contributed by atoms with Gasteiger partial charge in [0.2, 0.25) is 5.75 Å². The molecule has 5 nitrogen and oxygen atoms in total.